The number of benzene rings is 2. The summed E-state index contributed by atoms with van der Waals surface area (Å²) in [6, 6.07) is 10.1. The number of nitro groups is 1. The average molecular weight is 351 g/mol. The number of hydrogen-bond donors (Lipinski definition) is 1. The topological polar surface area (TPSA) is 108 Å². The van der Waals surface area contributed by atoms with Crippen LogP contribution in [0.2, 0.25) is 5.02 Å². The van der Waals surface area contributed by atoms with Crippen molar-refractivity contribution in [3.63, 3.8) is 0 Å². The van der Waals surface area contributed by atoms with Crippen LogP contribution < -0.4 is 0 Å². The minimum atomic E-state index is -0.535. The highest BCUT2D eigenvalue weighted by Gasteiger charge is 2.08. The van der Waals surface area contributed by atoms with Gasteiger partial charge < -0.3 is 10.0 Å². The molecule has 0 fully saturated rings. The first-order valence-electron chi connectivity index (χ1n) is 6.60. The Balaban J connectivity index is 0.000000505. The molecule has 0 aliphatic carbocycles. The second-order valence-corrected chi connectivity index (χ2v) is 5.09. The number of aromatic hydroxyl groups is 1. The maximum absolute atomic E-state index is 10.5. The fourth-order valence-electron chi connectivity index (χ4n) is 1.32. The summed E-state index contributed by atoms with van der Waals surface area (Å²) in [5.74, 6) is 0.132. The number of carbonyl (C=O) groups excluding carboxylic acids is 1. The number of non-ortho nitro benzene ring substituents is 1. The molecule has 0 saturated heterocycles. The molecule has 0 unspecified atom stereocenters. The molecule has 0 heterocycles. The number of nitrogens with zero attached hydrogens (tertiary/aromatic N) is 4. The van der Waals surface area contributed by atoms with Gasteiger partial charge in [-0.2, -0.15) is 5.11 Å². The molecule has 0 aliphatic heterocycles. The second kappa shape index (κ2) is 9.21. The maximum Gasteiger partial charge on any atom is 0.271 e. The molecule has 1 amide bonds. The fraction of sp³-hybridized carbons (Fsp3) is 0.133. The molecule has 0 aromatic heterocycles. The van der Waals surface area contributed by atoms with Crippen molar-refractivity contribution in [2.24, 2.45) is 10.2 Å². The first-order valence-corrected chi connectivity index (χ1v) is 6.97. The van der Waals surface area contributed by atoms with Gasteiger partial charge >= 0.3 is 0 Å². The summed E-state index contributed by atoms with van der Waals surface area (Å²) >= 11 is 5.87. The van der Waals surface area contributed by atoms with E-state index in [1.165, 1.54) is 35.2 Å². The molecule has 0 radical (unpaired) electrons. The number of hydrogen-bond acceptors (Lipinski definition) is 6. The van der Waals surface area contributed by atoms with Gasteiger partial charge in [0.25, 0.3) is 5.69 Å². The Labute approximate surface area is 143 Å². The third-order valence-electron chi connectivity index (χ3n) is 2.48. The van der Waals surface area contributed by atoms with E-state index in [9.17, 15) is 14.9 Å². The molecule has 0 atom stereocenters. The summed E-state index contributed by atoms with van der Waals surface area (Å²) in [6.07, 6.45) is 0.750. The third kappa shape index (κ3) is 6.41. The van der Waals surface area contributed by atoms with E-state index in [0.29, 0.717) is 11.4 Å². The predicted octanol–water partition coefficient (Wildman–Crippen LogP) is 4.07. The number of amides is 1. The Kier molecular flexibility index (Phi) is 7.31. The van der Waals surface area contributed by atoms with Gasteiger partial charge in [0.15, 0.2) is 0 Å². The van der Waals surface area contributed by atoms with E-state index in [4.69, 9.17) is 16.7 Å². The summed E-state index contributed by atoms with van der Waals surface area (Å²) in [6.45, 7) is 0. The number of azo groups is 1. The summed E-state index contributed by atoms with van der Waals surface area (Å²) in [5.41, 5.74) is 0.765. The number of nitro benzene ring substituents is 1. The average Bonchev–Trinajstić information content (AvgIpc) is 2.55. The Morgan fingerprint density at radius 1 is 1.17 bits per heavy atom. The predicted molar refractivity (Wildman–Crippen MR) is 90.1 cm³/mol. The van der Waals surface area contributed by atoms with Crippen LogP contribution in [0, 0.1) is 10.1 Å². The molecule has 8 nitrogen and oxygen atoms in total. The summed E-state index contributed by atoms with van der Waals surface area (Å²) < 4.78 is 0. The highest BCUT2D eigenvalue weighted by atomic mass is 35.5. The first-order chi connectivity index (χ1) is 11.3. The van der Waals surface area contributed by atoms with Crippen LogP contribution in [0.1, 0.15) is 0 Å². The lowest BCUT2D eigenvalue weighted by Gasteiger charge is -1.97. The normalized spacial score (nSPS) is 9.96. The summed E-state index contributed by atoms with van der Waals surface area (Å²) in [4.78, 5) is 20.9. The van der Waals surface area contributed by atoms with E-state index in [2.05, 4.69) is 10.2 Å². The van der Waals surface area contributed by atoms with Crippen molar-refractivity contribution in [1.29, 1.82) is 0 Å². The molecule has 2 aromatic rings. The van der Waals surface area contributed by atoms with Gasteiger partial charge in [0.1, 0.15) is 11.4 Å². The van der Waals surface area contributed by atoms with Crippen LogP contribution in [0.3, 0.4) is 0 Å². The van der Waals surface area contributed by atoms with Crippen molar-refractivity contribution >= 4 is 35.1 Å². The number of carbonyl (C=O) groups is 1. The van der Waals surface area contributed by atoms with Gasteiger partial charge in [-0.1, -0.05) is 11.6 Å². The van der Waals surface area contributed by atoms with E-state index in [0.717, 1.165) is 6.41 Å². The van der Waals surface area contributed by atoms with Crippen LogP contribution in [0.4, 0.5) is 17.1 Å². The van der Waals surface area contributed by atoms with Crippen molar-refractivity contribution in [3.8, 4) is 5.75 Å². The lowest BCUT2D eigenvalue weighted by Crippen LogP contribution is -2.06. The molecule has 9 heteroatoms. The van der Waals surface area contributed by atoms with E-state index in [1.807, 2.05) is 0 Å². The van der Waals surface area contributed by atoms with Gasteiger partial charge in [0.2, 0.25) is 6.41 Å². The number of phenolic OH excluding ortho intramolecular Hbond substituents is 1. The quantitative estimate of drug-likeness (QED) is 0.388. The van der Waals surface area contributed by atoms with Gasteiger partial charge in [-0.25, -0.2) is 0 Å². The van der Waals surface area contributed by atoms with Crippen LogP contribution >= 0.6 is 11.6 Å². The summed E-state index contributed by atoms with van der Waals surface area (Å²) in [7, 11) is 3.38. The Morgan fingerprint density at radius 3 is 2.21 bits per heavy atom. The zero-order chi connectivity index (χ0) is 18.1. The summed E-state index contributed by atoms with van der Waals surface area (Å²) in [5, 5.41) is 27.6. The van der Waals surface area contributed by atoms with Crippen molar-refractivity contribution in [2.45, 2.75) is 0 Å². The van der Waals surface area contributed by atoms with E-state index in [-0.39, 0.29) is 16.5 Å². The molecule has 1 N–H and O–H groups in total. The van der Waals surface area contributed by atoms with Crippen LogP contribution in [-0.2, 0) is 4.79 Å². The van der Waals surface area contributed by atoms with E-state index >= 15 is 0 Å². The van der Waals surface area contributed by atoms with Crippen LogP contribution in [0.25, 0.3) is 0 Å². The minimum absolute atomic E-state index is 0.103. The molecule has 2 aromatic carbocycles. The molecule has 0 aliphatic rings. The Morgan fingerprint density at radius 2 is 1.75 bits per heavy atom. The van der Waals surface area contributed by atoms with Crippen molar-refractivity contribution < 1.29 is 14.8 Å². The maximum atomic E-state index is 10.5. The number of halogens is 1. The zero-order valence-electron chi connectivity index (χ0n) is 13.0. The van der Waals surface area contributed by atoms with Gasteiger partial charge in [-0.15, -0.1) is 5.11 Å². The second-order valence-electron chi connectivity index (χ2n) is 4.68. The molecule has 2 rings (SSSR count). The molecule has 0 spiro atoms. The van der Waals surface area contributed by atoms with Gasteiger partial charge in [0, 0.05) is 26.2 Å². The molecular formula is C15H15ClN4O4. The fourth-order valence-corrected chi connectivity index (χ4v) is 1.53. The van der Waals surface area contributed by atoms with Crippen molar-refractivity contribution in [2.75, 3.05) is 14.1 Å². The van der Waals surface area contributed by atoms with E-state index in [1.54, 1.807) is 26.2 Å². The molecule has 24 heavy (non-hydrogen) atoms. The molecule has 126 valence electrons. The van der Waals surface area contributed by atoms with Gasteiger partial charge in [-0.05, 0) is 30.3 Å². The van der Waals surface area contributed by atoms with Crippen molar-refractivity contribution in [1.82, 2.24) is 4.90 Å². The smallest absolute Gasteiger partial charge is 0.271 e. The molecule has 0 saturated carbocycles. The van der Waals surface area contributed by atoms with Gasteiger partial charge in [0.05, 0.1) is 15.6 Å². The number of rotatable bonds is 4. The first kappa shape index (κ1) is 19.0. The Hall–Kier alpha value is -3.00. The van der Waals surface area contributed by atoms with E-state index < -0.39 is 4.92 Å². The SMILES string of the molecule is CN(C)C=O.O=[N+]([O-])c1ccc(N=Nc2ccc(O)cc2)c(Cl)c1. The largest absolute Gasteiger partial charge is 0.508 e. The highest BCUT2D eigenvalue weighted by Crippen LogP contribution is 2.30. The standard InChI is InChI=1S/C12H8ClN3O3.C3H7NO/c13-11-7-9(16(18)19)3-6-12(11)15-14-8-1-4-10(17)5-2-8;1-4(2)3-5/h1-7,17H;3H,1-2H3. The monoisotopic (exact) mass is 350 g/mol. The lowest BCUT2D eigenvalue weighted by molar-refractivity contribution is -0.384. The lowest BCUT2D eigenvalue weighted by atomic mass is 10.3. The van der Waals surface area contributed by atoms with Crippen LogP contribution in [-0.4, -0.2) is 35.4 Å². The van der Waals surface area contributed by atoms with Crippen LogP contribution in [0.5, 0.6) is 5.75 Å². The van der Waals surface area contributed by atoms with Crippen LogP contribution in [0.15, 0.2) is 52.7 Å². The van der Waals surface area contributed by atoms with Crippen molar-refractivity contribution in [3.05, 3.63) is 57.6 Å². The molecular weight excluding hydrogens is 336 g/mol. The highest BCUT2D eigenvalue weighted by molar-refractivity contribution is 6.33. The third-order valence-corrected chi connectivity index (χ3v) is 2.78. The Bertz CT molecular complexity index is 733. The zero-order valence-corrected chi connectivity index (χ0v) is 13.7. The van der Waals surface area contributed by atoms with Gasteiger partial charge in [-0.3, -0.25) is 14.9 Å². The number of phenols is 1. The minimum Gasteiger partial charge on any atom is -0.508 e. The molecule has 0 bridgehead atoms.